The second-order valence-corrected chi connectivity index (χ2v) is 7.56. The molecule has 0 saturated carbocycles. The van der Waals surface area contributed by atoms with Crippen molar-refractivity contribution in [3.8, 4) is 5.75 Å². The first kappa shape index (κ1) is 16.2. The van der Waals surface area contributed by atoms with Crippen molar-refractivity contribution in [2.24, 2.45) is 4.99 Å². The summed E-state index contributed by atoms with van der Waals surface area (Å²) >= 11 is 8.26. The summed E-state index contributed by atoms with van der Waals surface area (Å²) < 4.78 is 0. The number of benzene rings is 3. The molecule has 0 amide bonds. The summed E-state index contributed by atoms with van der Waals surface area (Å²) in [6, 6.07) is 23.4. The van der Waals surface area contributed by atoms with Gasteiger partial charge in [0.1, 0.15) is 5.75 Å². The number of hydrogen-bond donors (Lipinski definition) is 1. The minimum absolute atomic E-state index is 0.185. The Morgan fingerprint density at radius 1 is 0.920 bits per heavy atom. The maximum Gasteiger partial charge on any atom is 0.115 e. The molecular weight excluding hydrogens is 350 g/mol. The molecule has 25 heavy (non-hydrogen) atoms. The fourth-order valence-electron chi connectivity index (χ4n) is 2.96. The molecule has 1 aliphatic heterocycles. The Hall–Kier alpha value is -2.23. The van der Waals surface area contributed by atoms with Crippen LogP contribution in [0.25, 0.3) is 0 Å². The number of aromatic hydroxyl groups is 1. The van der Waals surface area contributed by atoms with Gasteiger partial charge in [-0.05, 0) is 53.6 Å². The molecular formula is C21H16ClNOS. The van der Waals surface area contributed by atoms with Crippen LogP contribution >= 0.6 is 23.4 Å². The molecule has 0 saturated heterocycles. The van der Waals surface area contributed by atoms with Gasteiger partial charge in [-0.2, -0.15) is 0 Å². The Kier molecular flexibility index (Phi) is 4.51. The highest BCUT2D eigenvalue weighted by molar-refractivity contribution is 7.99. The first-order valence-corrected chi connectivity index (χ1v) is 9.33. The molecule has 3 aromatic rings. The van der Waals surface area contributed by atoms with E-state index >= 15 is 0 Å². The maximum atomic E-state index is 9.57. The van der Waals surface area contributed by atoms with Gasteiger partial charge in [0.2, 0.25) is 0 Å². The number of hydrogen-bond acceptors (Lipinski definition) is 3. The maximum absolute atomic E-state index is 9.57. The van der Waals surface area contributed by atoms with Gasteiger partial charge in [0.05, 0.1) is 5.69 Å². The summed E-state index contributed by atoms with van der Waals surface area (Å²) in [7, 11) is 0. The zero-order chi connectivity index (χ0) is 17.2. The number of rotatable bonds is 2. The number of phenolic OH excluding ortho intramolecular Hbond substituents is 1. The van der Waals surface area contributed by atoms with Crippen molar-refractivity contribution in [2.45, 2.75) is 16.6 Å². The summed E-state index contributed by atoms with van der Waals surface area (Å²) in [4.78, 5) is 6.07. The summed E-state index contributed by atoms with van der Waals surface area (Å²) in [6.45, 7) is 0. The predicted octanol–water partition coefficient (Wildman–Crippen LogP) is 6.40. The average Bonchev–Trinajstić information content (AvgIpc) is 2.82. The van der Waals surface area contributed by atoms with E-state index in [1.807, 2.05) is 48.5 Å². The van der Waals surface area contributed by atoms with Crippen LogP contribution in [0.2, 0.25) is 5.02 Å². The summed E-state index contributed by atoms with van der Waals surface area (Å²) in [5, 5.41) is 10.5. The Balaban J connectivity index is 1.82. The number of fused-ring (bicyclic) bond motifs is 1. The van der Waals surface area contributed by atoms with Crippen LogP contribution in [0.4, 0.5) is 5.69 Å². The molecule has 0 bridgehead atoms. The van der Waals surface area contributed by atoms with Crippen molar-refractivity contribution in [1.29, 1.82) is 0 Å². The molecule has 1 unspecified atom stereocenters. The molecule has 4 heteroatoms. The second kappa shape index (κ2) is 6.95. The zero-order valence-corrected chi connectivity index (χ0v) is 15.0. The molecule has 1 atom stereocenters. The molecule has 4 rings (SSSR count). The molecule has 0 fully saturated rings. The van der Waals surface area contributed by atoms with E-state index in [1.54, 1.807) is 23.9 Å². The van der Waals surface area contributed by atoms with E-state index in [9.17, 15) is 5.11 Å². The lowest BCUT2D eigenvalue weighted by Gasteiger charge is -2.17. The van der Waals surface area contributed by atoms with Crippen LogP contribution in [0.1, 0.15) is 22.8 Å². The molecule has 3 aromatic carbocycles. The number of thioether (sulfide) groups is 1. The van der Waals surface area contributed by atoms with E-state index in [0.29, 0.717) is 0 Å². The lowest BCUT2D eigenvalue weighted by Crippen LogP contribution is -2.05. The average molecular weight is 366 g/mol. The summed E-state index contributed by atoms with van der Waals surface area (Å²) in [5.74, 6) is 0.260. The second-order valence-electron chi connectivity index (χ2n) is 5.91. The first-order valence-electron chi connectivity index (χ1n) is 8.08. The fourth-order valence-corrected chi connectivity index (χ4v) is 4.56. The molecule has 2 nitrogen and oxygen atoms in total. The van der Waals surface area contributed by atoms with Gasteiger partial charge in [0.25, 0.3) is 0 Å². The normalized spacial score (nSPS) is 16.7. The lowest BCUT2D eigenvalue weighted by atomic mass is 10.0. The number of nitrogens with zero attached hydrogens (tertiary/aromatic N) is 1. The van der Waals surface area contributed by atoms with Crippen molar-refractivity contribution in [3.63, 3.8) is 0 Å². The van der Waals surface area contributed by atoms with Gasteiger partial charge in [-0.1, -0.05) is 41.9 Å². The van der Waals surface area contributed by atoms with Gasteiger partial charge >= 0.3 is 0 Å². The minimum Gasteiger partial charge on any atom is -0.508 e. The van der Waals surface area contributed by atoms with E-state index in [0.717, 1.165) is 38.9 Å². The van der Waals surface area contributed by atoms with Gasteiger partial charge in [-0.15, -0.1) is 11.8 Å². The van der Waals surface area contributed by atoms with Crippen LogP contribution in [0, 0.1) is 0 Å². The number of para-hydroxylation sites is 1. The largest absolute Gasteiger partial charge is 0.508 e. The van der Waals surface area contributed by atoms with Gasteiger partial charge in [0, 0.05) is 27.3 Å². The van der Waals surface area contributed by atoms with Crippen molar-refractivity contribution in [1.82, 2.24) is 0 Å². The van der Waals surface area contributed by atoms with Gasteiger partial charge in [-0.25, -0.2) is 0 Å². The van der Waals surface area contributed by atoms with Crippen molar-refractivity contribution < 1.29 is 5.11 Å². The van der Waals surface area contributed by atoms with Gasteiger partial charge in [-0.3, -0.25) is 4.99 Å². The van der Waals surface area contributed by atoms with Gasteiger partial charge < -0.3 is 5.11 Å². The van der Waals surface area contributed by atoms with E-state index in [1.165, 1.54) is 0 Å². The highest BCUT2D eigenvalue weighted by Crippen LogP contribution is 2.47. The molecule has 0 aliphatic carbocycles. The highest BCUT2D eigenvalue weighted by atomic mass is 35.5. The topological polar surface area (TPSA) is 32.6 Å². The van der Waals surface area contributed by atoms with Crippen molar-refractivity contribution in [3.05, 3.63) is 88.9 Å². The molecule has 1 heterocycles. The molecule has 0 aromatic heterocycles. The number of aliphatic imine (C=N–C) groups is 1. The van der Waals surface area contributed by atoms with Crippen LogP contribution in [0.15, 0.2) is 82.7 Å². The molecule has 0 radical (unpaired) electrons. The predicted molar refractivity (Wildman–Crippen MR) is 105 cm³/mol. The number of halogens is 1. The third-order valence-electron chi connectivity index (χ3n) is 4.22. The van der Waals surface area contributed by atoms with Crippen LogP contribution in [-0.2, 0) is 0 Å². The summed E-state index contributed by atoms with van der Waals surface area (Å²) in [6.07, 6.45) is 0.772. The van der Waals surface area contributed by atoms with Crippen LogP contribution in [-0.4, -0.2) is 10.8 Å². The lowest BCUT2D eigenvalue weighted by molar-refractivity contribution is 0.475. The van der Waals surface area contributed by atoms with E-state index < -0.39 is 0 Å². The van der Waals surface area contributed by atoms with Crippen molar-refractivity contribution >= 4 is 34.8 Å². The monoisotopic (exact) mass is 365 g/mol. The Morgan fingerprint density at radius 3 is 2.44 bits per heavy atom. The zero-order valence-electron chi connectivity index (χ0n) is 13.4. The van der Waals surface area contributed by atoms with E-state index in [4.69, 9.17) is 16.6 Å². The van der Waals surface area contributed by atoms with Crippen LogP contribution in [0.5, 0.6) is 5.75 Å². The van der Waals surface area contributed by atoms with Crippen LogP contribution in [0.3, 0.4) is 0 Å². The molecule has 1 N–H and O–H groups in total. The van der Waals surface area contributed by atoms with E-state index in [-0.39, 0.29) is 11.0 Å². The van der Waals surface area contributed by atoms with Crippen LogP contribution < -0.4 is 0 Å². The molecule has 0 spiro atoms. The third kappa shape index (κ3) is 3.44. The standard InChI is InChI=1S/C21H16ClNOS/c22-17-6-2-1-5-16(17)21-13-19(14-9-11-15(24)12-10-14)23-18-7-3-4-8-20(18)25-21/h1-12,21,24H,13H2. The SMILES string of the molecule is Oc1ccc(C2=Nc3ccccc3SC(c3ccccc3Cl)C2)cc1. The third-order valence-corrected chi connectivity index (χ3v) is 5.87. The highest BCUT2D eigenvalue weighted by Gasteiger charge is 2.23. The first-order chi connectivity index (χ1) is 12.2. The van der Waals surface area contributed by atoms with Crippen molar-refractivity contribution in [2.75, 3.05) is 0 Å². The minimum atomic E-state index is 0.185. The Bertz CT molecular complexity index is 937. The Labute approximate surface area is 156 Å². The number of phenols is 1. The quantitative estimate of drug-likeness (QED) is 0.569. The fraction of sp³-hybridized carbons (Fsp3) is 0.0952. The molecule has 1 aliphatic rings. The molecule has 124 valence electrons. The van der Waals surface area contributed by atoms with E-state index in [2.05, 4.69) is 12.1 Å². The smallest absolute Gasteiger partial charge is 0.115 e. The summed E-state index contributed by atoms with van der Waals surface area (Å²) in [5.41, 5.74) is 4.12. The van der Waals surface area contributed by atoms with Gasteiger partial charge in [0.15, 0.2) is 0 Å². The Morgan fingerprint density at radius 2 is 1.64 bits per heavy atom.